The van der Waals surface area contributed by atoms with Gasteiger partial charge in [-0.25, -0.2) is 9.97 Å². The van der Waals surface area contributed by atoms with Gasteiger partial charge in [-0.15, -0.1) is 0 Å². The van der Waals surface area contributed by atoms with Gasteiger partial charge in [0.2, 0.25) is 5.88 Å². The number of aromatic hydroxyl groups is 2. The Bertz CT molecular complexity index is 1090. The first kappa shape index (κ1) is 16.6. The molecule has 0 atom stereocenters. The molecule has 2 heterocycles. The van der Waals surface area contributed by atoms with Crippen LogP contribution in [-0.4, -0.2) is 24.6 Å². The summed E-state index contributed by atoms with van der Waals surface area (Å²) in [5.74, 6) is 0.295. The van der Waals surface area contributed by atoms with Crippen molar-refractivity contribution in [3.63, 3.8) is 0 Å². The molecule has 0 fully saturated rings. The first-order valence-corrected chi connectivity index (χ1v) is 8.92. The second-order valence-electron chi connectivity index (χ2n) is 6.20. The lowest BCUT2D eigenvalue weighted by atomic mass is 10.1. The third kappa shape index (κ3) is 3.04. The summed E-state index contributed by atoms with van der Waals surface area (Å²) in [7, 11) is 0. The maximum absolute atomic E-state index is 10.7. The van der Waals surface area contributed by atoms with E-state index in [0.717, 1.165) is 11.1 Å². The maximum atomic E-state index is 10.7. The van der Waals surface area contributed by atoms with Gasteiger partial charge in [-0.2, -0.15) is 0 Å². The minimum atomic E-state index is 0.101. The Hall–Kier alpha value is -2.86. The predicted octanol–water partition coefficient (Wildman–Crippen LogP) is 4.47. The van der Waals surface area contributed by atoms with Gasteiger partial charge in [0.15, 0.2) is 5.65 Å². The van der Waals surface area contributed by atoms with Crippen LogP contribution in [0.25, 0.3) is 16.9 Å². The van der Waals surface area contributed by atoms with Gasteiger partial charge in [0.05, 0.1) is 5.69 Å². The minimum Gasteiger partial charge on any atom is -0.508 e. The lowest BCUT2D eigenvalue weighted by Gasteiger charge is -2.04. The molecule has 2 aromatic carbocycles. The summed E-state index contributed by atoms with van der Waals surface area (Å²) in [6, 6.07) is 14.9. The molecule has 26 heavy (non-hydrogen) atoms. The van der Waals surface area contributed by atoms with Crippen molar-refractivity contribution in [3.05, 3.63) is 76.2 Å². The van der Waals surface area contributed by atoms with Crippen LogP contribution in [-0.2, 0) is 6.42 Å². The lowest BCUT2D eigenvalue weighted by Crippen LogP contribution is -1.93. The molecule has 4 aromatic rings. The van der Waals surface area contributed by atoms with Crippen LogP contribution < -0.4 is 0 Å². The van der Waals surface area contributed by atoms with E-state index in [4.69, 9.17) is 0 Å². The number of benzene rings is 2. The molecule has 0 aliphatic rings. The summed E-state index contributed by atoms with van der Waals surface area (Å²) in [4.78, 5) is 9.06. The average Bonchev–Trinajstić information content (AvgIpc) is 2.94. The van der Waals surface area contributed by atoms with Gasteiger partial charge < -0.3 is 10.2 Å². The number of nitrogens with zero attached hydrogens (tertiary/aromatic N) is 3. The summed E-state index contributed by atoms with van der Waals surface area (Å²) >= 11 is 3.45. The highest BCUT2D eigenvalue weighted by atomic mass is 79.9. The Morgan fingerprint density at radius 2 is 1.65 bits per heavy atom. The second-order valence-corrected chi connectivity index (χ2v) is 6.95. The first-order chi connectivity index (χ1) is 12.5. The number of hydrogen-bond donors (Lipinski definition) is 2. The molecular formula is C20H16BrN3O2. The van der Waals surface area contributed by atoms with Crippen molar-refractivity contribution in [3.8, 4) is 22.9 Å². The standard InChI is InChI=1S/C20H16BrN3O2/c1-12-2-4-13(5-3-12)10-16-20(26)24-11-17(22-18(21)19(24)23-16)14-6-8-15(25)9-7-14/h2-9,11,25-26H,10H2,1H3. The Labute approximate surface area is 158 Å². The van der Waals surface area contributed by atoms with Crippen molar-refractivity contribution in [1.29, 1.82) is 0 Å². The van der Waals surface area contributed by atoms with Crippen LogP contribution in [0.1, 0.15) is 16.8 Å². The molecule has 0 bridgehead atoms. The van der Waals surface area contributed by atoms with Gasteiger partial charge in [0.1, 0.15) is 16.0 Å². The topological polar surface area (TPSA) is 70.7 Å². The molecule has 0 radical (unpaired) electrons. The van der Waals surface area contributed by atoms with Gasteiger partial charge in [-0.3, -0.25) is 4.40 Å². The summed E-state index contributed by atoms with van der Waals surface area (Å²) in [6.45, 7) is 2.04. The van der Waals surface area contributed by atoms with Crippen molar-refractivity contribution >= 4 is 21.6 Å². The third-order valence-corrected chi connectivity index (χ3v) is 4.80. The highest BCUT2D eigenvalue weighted by Crippen LogP contribution is 2.29. The SMILES string of the molecule is Cc1ccc(Cc2nc3c(Br)nc(-c4ccc(O)cc4)cn3c2O)cc1. The van der Waals surface area contributed by atoms with Crippen LogP contribution >= 0.6 is 15.9 Å². The molecule has 0 amide bonds. The maximum Gasteiger partial charge on any atom is 0.219 e. The van der Waals surface area contributed by atoms with Crippen LogP contribution in [0, 0.1) is 6.92 Å². The zero-order valence-corrected chi connectivity index (χ0v) is 15.6. The van der Waals surface area contributed by atoms with Crippen LogP contribution in [0.5, 0.6) is 11.6 Å². The van der Waals surface area contributed by atoms with Crippen LogP contribution in [0.2, 0.25) is 0 Å². The van der Waals surface area contributed by atoms with E-state index in [2.05, 4.69) is 25.9 Å². The third-order valence-electron chi connectivity index (χ3n) is 4.27. The molecule has 0 aliphatic carbocycles. The molecular weight excluding hydrogens is 394 g/mol. The second kappa shape index (κ2) is 6.46. The Kier molecular flexibility index (Phi) is 4.12. The lowest BCUT2D eigenvalue weighted by molar-refractivity contribution is 0.442. The van der Waals surface area contributed by atoms with E-state index in [1.54, 1.807) is 34.9 Å². The molecule has 0 spiro atoms. The number of phenols is 1. The van der Waals surface area contributed by atoms with E-state index in [9.17, 15) is 10.2 Å². The summed E-state index contributed by atoms with van der Waals surface area (Å²) < 4.78 is 2.18. The fraction of sp³-hybridized carbons (Fsp3) is 0.100. The van der Waals surface area contributed by atoms with Crippen LogP contribution in [0.15, 0.2) is 59.3 Å². The molecule has 0 unspecified atom stereocenters. The van der Waals surface area contributed by atoms with E-state index in [0.29, 0.717) is 28.1 Å². The molecule has 5 nitrogen and oxygen atoms in total. The minimum absolute atomic E-state index is 0.101. The van der Waals surface area contributed by atoms with E-state index >= 15 is 0 Å². The first-order valence-electron chi connectivity index (χ1n) is 8.12. The summed E-state index contributed by atoms with van der Waals surface area (Å²) in [6.07, 6.45) is 2.28. The van der Waals surface area contributed by atoms with E-state index < -0.39 is 0 Å². The van der Waals surface area contributed by atoms with Gasteiger partial charge in [-0.1, -0.05) is 29.8 Å². The number of hydrogen-bond acceptors (Lipinski definition) is 4. The highest BCUT2D eigenvalue weighted by molar-refractivity contribution is 9.10. The van der Waals surface area contributed by atoms with Gasteiger partial charge in [-0.05, 0) is 52.7 Å². The molecule has 0 aliphatic heterocycles. The fourth-order valence-electron chi connectivity index (χ4n) is 2.83. The molecule has 2 N–H and O–H groups in total. The quantitative estimate of drug-likeness (QED) is 0.523. The number of imidazole rings is 1. The van der Waals surface area contributed by atoms with Gasteiger partial charge >= 0.3 is 0 Å². The molecule has 0 saturated heterocycles. The highest BCUT2D eigenvalue weighted by Gasteiger charge is 2.16. The number of halogens is 1. The number of fused-ring (bicyclic) bond motifs is 1. The molecule has 130 valence electrons. The van der Waals surface area contributed by atoms with Crippen molar-refractivity contribution in [2.45, 2.75) is 13.3 Å². The monoisotopic (exact) mass is 409 g/mol. The van der Waals surface area contributed by atoms with Crippen molar-refractivity contribution in [2.24, 2.45) is 0 Å². The number of rotatable bonds is 3. The molecule has 0 saturated carbocycles. The smallest absolute Gasteiger partial charge is 0.219 e. The van der Waals surface area contributed by atoms with Crippen LogP contribution in [0.4, 0.5) is 0 Å². The molecule has 2 aromatic heterocycles. The summed E-state index contributed by atoms with van der Waals surface area (Å²) in [5, 5.41) is 20.1. The van der Waals surface area contributed by atoms with Gasteiger partial charge in [0, 0.05) is 18.2 Å². The Morgan fingerprint density at radius 3 is 2.35 bits per heavy atom. The largest absolute Gasteiger partial charge is 0.508 e. The predicted molar refractivity (Wildman–Crippen MR) is 103 cm³/mol. The Balaban J connectivity index is 1.78. The van der Waals surface area contributed by atoms with Crippen molar-refractivity contribution in [1.82, 2.24) is 14.4 Å². The van der Waals surface area contributed by atoms with E-state index in [-0.39, 0.29) is 11.6 Å². The molecule has 4 rings (SSSR count). The van der Waals surface area contributed by atoms with Crippen molar-refractivity contribution in [2.75, 3.05) is 0 Å². The number of aromatic nitrogens is 3. The fourth-order valence-corrected chi connectivity index (χ4v) is 3.31. The van der Waals surface area contributed by atoms with Crippen LogP contribution in [0.3, 0.4) is 0 Å². The number of phenolic OH excluding ortho intramolecular Hbond substituents is 1. The van der Waals surface area contributed by atoms with Gasteiger partial charge in [0.25, 0.3) is 0 Å². The molecule has 6 heteroatoms. The van der Waals surface area contributed by atoms with E-state index in [1.165, 1.54) is 5.56 Å². The Morgan fingerprint density at radius 1 is 0.962 bits per heavy atom. The zero-order chi connectivity index (χ0) is 18.3. The average molecular weight is 410 g/mol. The normalized spacial score (nSPS) is 11.2. The summed E-state index contributed by atoms with van der Waals surface area (Å²) in [5.41, 5.74) is 4.93. The van der Waals surface area contributed by atoms with E-state index in [1.807, 2.05) is 31.2 Å². The van der Waals surface area contributed by atoms with Crippen molar-refractivity contribution < 1.29 is 10.2 Å². The zero-order valence-electron chi connectivity index (χ0n) is 14.0. The number of aryl methyl sites for hydroxylation is 1.